The Morgan fingerprint density at radius 1 is 0.917 bits per heavy atom. The van der Waals surface area contributed by atoms with E-state index in [4.69, 9.17) is 5.73 Å². The lowest BCUT2D eigenvalue weighted by Crippen LogP contribution is -2.56. The first-order valence-electron chi connectivity index (χ1n) is 17.5. The first-order valence-corrected chi connectivity index (χ1v) is 17.5. The topological polar surface area (TPSA) is 99.0 Å². The maximum atomic E-state index is 14.5. The minimum atomic E-state index is -0.827. The lowest BCUT2D eigenvalue weighted by molar-refractivity contribution is -0.146. The number of carbonyl (C=O) groups is 3. The minimum absolute atomic E-state index is 0.188. The quantitative estimate of drug-likeness (QED) is 0.203. The number of nitrogens with two attached hydrogens (primary N) is 1. The SMILES string of the molecule is CCC(N)(CC)CC=CC(=O)N(C)[C@H](Cc1ccc2ccccc2c1)C(=O)N(C)[C@H](Cc1ccccc1)C(=O)NCCC1CCCN1C. The molecule has 258 valence electrons. The van der Waals surface area contributed by atoms with Gasteiger partial charge in [0.05, 0.1) is 0 Å². The van der Waals surface area contributed by atoms with Crippen LogP contribution in [0.3, 0.4) is 0 Å². The normalized spacial score (nSPS) is 16.6. The maximum Gasteiger partial charge on any atom is 0.246 e. The fourth-order valence-electron chi connectivity index (χ4n) is 6.64. The van der Waals surface area contributed by atoms with Crippen LogP contribution in [0.25, 0.3) is 10.8 Å². The van der Waals surface area contributed by atoms with Gasteiger partial charge in [-0.05, 0) is 80.1 Å². The van der Waals surface area contributed by atoms with E-state index >= 15 is 0 Å². The molecule has 3 amide bonds. The van der Waals surface area contributed by atoms with Crippen molar-refractivity contribution in [1.82, 2.24) is 20.0 Å². The van der Waals surface area contributed by atoms with Crippen molar-refractivity contribution in [3.8, 4) is 0 Å². The molecule has 1 saturated heterocycles. The fraction of sp³-hybridized carbons (Fsp3) is 0.475. The molecule has 3 N–H and O–H groups in total. The monoisotopic (exact) mass is 653 g/mol. The molecule has 1 unspecified atom stereocenters. The summed E-state index contributed by atoms with van der Waals surface area (Å²) in [6.07, 6.45) is 9.36. The van der Waals surface area contributed by atoms with Gasteiger partial charge in [-0.25, -0.2) is 0 Å². The molecule has 1 fully saturated rings. The van der Waals surface area contributed by atoms with E-state index in [1.165, 1.54) is 17.4 Å². The largest absolute Gasteiger partial charge is 0.354 e. The van der Waals surface area contributed by atoms with Gasteiger partial charge < -0.3 is 25.8 Å². The zero-order chi connectivity index (χ0) is 34.7. The molecule has 1 aliphatic heterocycles. The highest BCUT2D eigenvalue weighted by Gasteiger charge is 2.35. The van der Waals surface area contributed by atoms with E-state index in [1.807, 2.05) is 66.7 Å². The Kier molecular flexibility index (Phi) is 13.4. The van der Waals surface area contributed by atoms with Crippen LogP contribution in [0.1, 0.15) is 63.5 Å². The molecule has 48 heavy (non-hydrogen) atoms. The molecular weight excluding hydrogens is 598 g/mol. The van der Waals surface area contributed by atoms with Gasteiger partial charge in [0.15, 0.2) is 0 Å². The molecule has 3 aromatic rings. The summed E-state index contributed by atoms with van der Waals surface area (Å²) in [6.45, 7) is 5.73. The Bertz CT molecular complexity index is 1540. The number of fused-ring (bicyclic) bond motifs is 1. The van der Waals surface area contributed by atoms with Crippen molar-refractivity contribution in [3.63, 3.8) is 0 Å². The smallest absolute Gasteiger partial charge is 0.246 e. The summed E-state index contributed by atoms with van der Waals surface area (Å²) in [4.78, 5) is 47.4. The van der Waals surface area contributed by atoms with Gasteiger partial charge in [0, 0.05) is 45.1 Å². The number of hydrogen-bond acceptors (Lipinski definition) is 5. The van der Waals surface area contributed by atoms with E-state index in [9.17, 15) is 14.4 Å². The number of nitrogens with one attached hydrogen (secondary N) is 1. The molecule has 0 radical (unpaired) electrons. The number of nitrogens with zero attached hydrogens (tertiary/aromatic N) is 3. The van der Waals surface area contributed by atoms with Crippen molar-refractivity contribution in [2.75, 3.05) is 34.2 Å². The van der Waals surface area contributed by atoms with Crippen molar-refractivity contribution >= 4 is 28.5 Å². The van der Waals surface area contributed by atoms with Crippen LogP contribution >= 0.6 is 0 Å². The third-order valence-corrected chi connectivity index (χ3v) is 10.4. The number of benzene rings is 3. The van der Waals surface area contributed by atoms with Crippen LogP contribution in [-0.4, -0.2) is 90.3 Å². The number of hydrogen-bond donors (Lipinski definition) is 2. The summed E-state index contributed by atoms with van der Waals surface area (Å²) in [5.41, 5.74) is 8.00. The molecule has 8 nitrogen and oxygen atoms in total. The lowest BCUT2D eigenvalue weighted by Gasteiger charge is -2.34. The van der Waals surface area contributed by atoms with Gasteiger partial charge in [-0.2, -0.15) is 0 Å². The van der Waals surface area contributed by atoms with Gasteiger partial charge in [0.1, 0.15) is 12.1 Å². The van der Waals surface area contributed by atoms with Crippen molar-refractivity contribution in [2.24, 2.45) is 5.73 Å². The van der Waals surface area contributed by atoms with Crippen molar-refractivity contribution in [2.45, 2.75) is 88.9 Å². The van der Waals surface area contributed by atoms with Gasteiger partial charge in [0.2, 0.25) is 17.7 Å². The van der Waals surface area contributed by atoms with Crippen LogP contribution < -0.4 is 11.1 Å². The van der Waals surface area contributed by atoms with Crippen LogP contribution in [0.15, 0.2) is 84.9 Å². The number of carbonyl (C=O) groups excluding carboxylic acids is 3. The highest BCUT2D eigenvalue weighted by molar-refractivity contribution is 5.95. The van der Waals surface area contributed by atoms with E-state index < -0.39 is 12.1 Å². The van der Waals surface area contributed by atoms with Crippen molar-refractivity contribution in [1.29, 1.82) is 0 Å². The van der Waals surface area contributed by atoms with Crippen LogP contribution in [0.4, 0.5) is 0 Å². The lowest BCUT2D eigenvalue weighted by atomic mass is 9.90. The Morgan fingerprint density at radius 2 is 1.58 bits per heavy atom. The average Bonchev–Trinajstić information content (AvgIpc) is 3.52. The van der Waals surface area contributed by atoms with Crippen LogP contribution in [0, 0.1) is 0 Å². The maximum absolute atomic E-state index is 14.5. The summed E-state index contributed by atoms with van der Waals surface area (Å²) >= 11 is 0. The Balaban J connectivity index is 1.59. The second kappa shape index (κ2) is 17.4. The standard InChI is InChI=1S/C40H55N5O3/c1-6-40(41,7-2)24-13-20-37(46)44(4)36(29-31-21-22-32-17-11-12-18-33(32)27-31)39(48)45(5)35(28-30-15-9-8-10-16-30)38(47)42-25-23-34-19-14-26-43(34)3/h8-13,15-18,20-22,27,34-36H,6-7,14,19,23-26,28-29,41H2,1-5H3,(H,42,47)/t34?,35-,36-/m1/s1. The molecular formula is C40H55N5O3. The number of rotatable bonds is 16. The van der Waals surface area contributed by atoms with Gasteiger partial charge >= 0.3 is 0 Å². The van der Waals surface area contributed by atoms with E-state index in [0.717, 1.165) is 54.1 Å². The number of likely N-dealkylation sites (N-methyl/N-ethyl adjacent to an activating group) is 2. The Labute approximate surface area is 287 Å². The molecule has 1 heterocycles. The molecule has 3 atom stereocenters. The zero-order valence-electron chi connectivity index (χ0n) is 29.5. The molecule has 3 aromatic carbocycles. The van der Waals surface area contributed by atoms with Crippen molar-refractivity contribution < 1.29 is 14.4 Å². The average molecular weight is 654 g/mol. The Hall–Kier alpha value is -4.01. The fourth-order valence-corrected chi connectivity index (χ4v) is 6.64. The molecule has 0 saturated carbocycles. The predicted octanol–water partition coefficient (Wildman–Crippen LogP) is 5.34. The van der Waals surface area contributed by atoms with Gasteiger partial charge in [-0.1, -0.05) is 92.7 Å². The third-order valence-electron chi connectivity index (χ3n) is 10.4. The molecule has 0 aliphatic carbocycles. The van der Waals surface area contributed by atoms with E-state index in [2.05, 4.69) is 43.2 Å². The second-order valence-corrected chi connectivity index (χ2v) is 13.5. The summed E-state index contributed by atoms with van der Waals surface area (Å²) < 4.78 is 0. The van der Waals surface area contributed by atoms with Gasteiger partial charge in [-0.15, -0.1) is 0 Å². The number of amides is 3. The summed E-state index contributed by atoms with van der Waals surface area (Å²) in [7, 11) is 5.49. The molecule has 8 heteroatoms. The highest BCUT2D eigenvalue weighted by atomic mass is 16.2. The first-order chi connectivity index (χ1) is 23.0. The number of likely N-dealkylation sites (tertiary alicyclic amines) is 1. The molecule has 4 rings (SSSR count). The van der Waals surface area contributed by atoms with E-state index in [-0.39, 0.29) is 23.3 Å². The predicted molar refractivity (Wildman–Crippen MR) is 195 cm³/mol. The minimum Gasteiger partial charge on any atom is -0.354 e. The van der Waals surface area contributed by atoms with E-state index in [1.54, 1.807) is 19.0 Å². The Morgan fingerprint density at radius 3 is 2.25 bits per heavy atom. The van der Waals surface area contributed by atoms with Crippen molar-refractivity contribution in [3.05, 3.63) is 96.1 Å². The van der Waals surface area contributed by atoms with Gasteiger partial charge in [0.25, 0.3) is 0 Å². The zero-order valence-corrected chi connectivity index (χ0v) is 29.5. The summed E-state index contributed by atoms with van der Waals surface area (Å²) in [5, 5.41) is 5.31. The third kappa shape index (κ3) is 9.77. The summed E-state index contributed by atoms with van der Waals surface area (Å²) in [6, 6.07) is 22.9. The van der Waals surface area contributed by atoms with Gasteiger partial charge in [-0.3, -0.25) is 14.4 Å². The van der Waals surface area contributed by atoms with E-state index in [0.29, 0.717) is 31.8 Å². The molecule has 0 spiro atoms. The summed E-state index contributed by atoms with van der Waals surface area (Å²) in [5.74, 6) is -0.747. The van der Waals surface area contributed by atoms with Crippen LogP contribution in [-0.2, 0) is 27.2 Å². The van der Waals surface area contributed by atoms with Crippen LogP contribution in [0.2, 0.25) is 0 Å². The second-order valence-electron chi connectivity index (χ2n) is 13.5. The molecule has 1 aliphatic rings. The molecule has 0 aromatic heterocycles. The van der Waals surface area contributed by atoms with Crippen LogP contribution in [0.5, 0.6) is 0 Å². The first kappa shape index (κ1) is 36.8. The molecule has 0 bridgehead atoms. The highest BCUT2D eigenvalue weighted by Crippen LogP contribution is 2.21.